The van der Waals surface area contributed by atoms with Gasteiger partial charge in [0.1, 0.15) is 0 Å². The van der Waals surface area contributed by atoms with Crippen LogP contribution in [0.25, 0.3) is 0 Å². The second kappa shape index (κ2) is 6.11. The Balaban J connectivity index is 2.05. The van der Waals surface area contributed by atoms with Crippen molar-refractivity contribution in [2.24, 2.45) is 0 Å². The van der Waals surface area contributed by atoms with Crippen molar-refractivity contribution in [1.82, 2.24) is 4.90 Å². The summed E-state index contributed by atoms with van der Waals surface area (Å²) in [6.45, 7) is 2.97. The fraction of sp³-hybridized carbons (Fsp3) is 0.400. The molecule has 1 aliphatic heterocycles. The van der Waals surface area contributed by atoms with E-state index in [4.69, 9.17) is 4.74 Å². The van der Waals surface area contributed by atoms with E-state index in [-0.39, 0.29) is 12.1 Å². The van der Waals surface area contributed by atoms with Crippen LogP contribution >= 0.6 is 0 Å². The highest BCUT2D eigenvalue weighted by Crippen LogP contribution is 2.17. The lowest BCUT2D eigenvalue weighted by molar-refractivity contribution is 0.109. The largest absolute Gasteiger partial charge is 0.450 e. The first kappa shape index (κ1) is 12.5. The van der Waals surface area contributed by atoms with Crippen LogP contribution in [-0.2, 0) is 4.74 Å². The number of hydrogen-bond acceptors (Lipinski definition) is 2. The van der Waals surface area contributed by atoms with Crippen LogP contribution in [0.1, 0.15) is 25.3 Å². The van der Waals surface area contributed by atoms with Crippen molar-refractivity contribution in [3.05, 3.63) is 35.9 Å². The third-order valence-electron chi connectivity index (χ3n) is 2.91. The van der Waals surface area contributed by atoms with Gasteiger partial charge in [-0.3, -0.25) is 4.90 Å². The maximum absolute atomic E-state index is 11.7. The van der Waals surface area contributed by atoms with Gasteiger partial charge in [0.05, 0.1) is 12.6 Å². The van der Waals surface area contributed by atoms with Crippen molar-refractivity contribution >= 4 is 6.09 Å². The Kier molecular flexibility index (Phi) is 4.25. The highest BCUT2D eigenvalue weighted by Gasteiger charge is 2.28. The molecule has 0 saturated carbocycles. The molecular formula is C15H17NO2. The second-order valence-electron chi connectivity index (χ2n) is 4.19. The summed E-state index contributed by atoms with van der Waals surface area (Å²) < 4.78 is 5.03. The summed E-state index contributed by atoms with van der Waals surface area (Å²) in [4.78, 5) is 13.4. The van der Waals surface area contributed by atoms with E-state index in [0.717, 1.165) is 24.9 Å². The zero-order chi connectivity index (χ0) is 12.8. The molecule has 1 aliphatic rings. The molecule has 3 heteroatoms. The third-order valence-corrected chi connectivity index (χ3v) is 2.91. The van der Waals surface area contributed by atoms with Crippen LogP contribution in [0, 0.1) is 11.8 Å². The molecule has 1 aromatic carbocycles. The van der Waals surface area contributed by atoms with Gasteiger partial charge in [-0.2, -0.15) is 0 Å². The van der Waals surface area contributed by atoms with E-state index in [1.807, 2.05) is 37.3 Å². The van der Waals surface area contributed by atoms with Crippen LogP contribution in [0.3, 0.4) is 0 Å². The minimum Gasteiger partial charge on any atom is -0.450 e. The minimum absolute atomic E-state index is 0.00995. The number of ether oxygens (including phenoxy) is 1. The Morgan fingerprint density at radius 1 is 1.44 bits per heavy atom. The molecule has 1 saturated heterocycles. The number of likely N-dealkylation sites (tertiary alicyclic amines) is 1. The summed E-state index contributed by atoms with van der Waals surface area (Å²) in [7, 11) is 0. The maximum atomic E-state index is 11.7. The van der Waals surface area contributed by atoms with Crippen molar-refractivity contribution in [3.63, 3.8) is 0 Å². The first-order chi connectivity index (χ1) is 8.81. The second-order valence-corrected chi connectivity index (χ2v) is 4.19. The van der Waals surface area contributed by atoms with Crippen molar-refractivity contribution in [3.8, 4) is 11.8 Å². The first-order valence-electron chi connectivity index (χ1n) is 6.31. The third kappa shape index (κ3) is 3.04. The van der Waals surface area contributed by atoms with Gasteiger partial charge >= 0.3 is 6.09 Å². The number of rotatable bonds is 1. The fourth-order valence-electron chi connectivity index (χ4n) is 2.03. The zero-order valence-corrected chi connectivity index (χ0v) is 10.6. The average molecular weight is 243 g/mol. The normalized spacial score (nSPS) is 18.1. The summed E-state index contributed by atoms with van der Waals surface area (Å²) in [6.07, 6.45) is 1.67. The molecular weight excluding hydrogens is 226 g/mol. The van der Waals surface area contributed by atoms with Crippen LogP contribution in [0.4, 0.5) is 4.79 Å². The van der Waals surface area contributed by atoms with E-state index >= 15 is 0 Å². The molecule has 18 heavy (non-hydrogen) atoms. The SMILES string of the molecule is CCOC(=O)N1CCCC1C#Cc1ccccc1. The topological polar surface area (TPSA) is 29.5 Å². The molecule has 0 aromatic heterocycles. The van der Waals surface area contributed by atoms with Crippen molar-refractivity contribution in [2.45, 2.75) is 25.8 Å². The van der Waals surface area contributed by atoms with Gasteiger partial charge in [0, 0.05) is 12.1 Å². The van der Waals surface area contributed by atoms with E-state index in [1.165, 1.54) is 0 Å². The van der Waals surface area contributed by atoms with Crippen LogP contribution in [-0.4, -0.2) is 30.2 Å². The molecule has 1 aromatic rings. The lowest BCUT2D eigenvalue weighted by atomic mass is 10.2. The number of carbonyl (C=O) groups is 1. The van der Waals surface area contributed by atoms with Crippen LogP contribution in [0.5, 0.6) is 0 Å². The van der Waals surface area contributed by atoms with Gasteiger partial charge in [0.25, 0.3) is 0 Å². The highest BCUT2D eigenvalue weighted by molar-refractivity contribution is 5.69. The van der Waals surface area contributed by atoms with Crippen LogP contribution < -0.4 is 0 Å². The zero-order valence-electron chi connectivity index (χ0n) is 10.6. The summed E-state index contributed by atoms with van der Waals surface area (Å²) >= 11 is 0. The van der Waals surface area contributed by atoms with Crippen LogP contribution in [0.2, 0.25) is 0 Å². The van der Waals surface area contributed by atoms with Gasteiger partial charge in [-0.15, -0.1) is 0 Å². The summed E-state index contributed by atoms with van der Waals surface area (Å²) in [5.74, 6) is 6.28. The fourth-order valence-corrected chi connectivity index (χ4v) is 2.03. The standard InChI is InChI=1S/C15H17NO2/c1-2-18-15(17)16-12-6-9-14(16)11-10-13-7-4-3-5-8-13/h3-5,7-8,14H,2,6,9,12H2,1H3. The monoisotopic (exact) mass is 243 g/mol. The molecule has 0 spiro atoms. The number of amides is 1. The molecule has 1 atom stereocenters. The molecule has 1 fully saturated rings. The lowest BCUT2D eigenvalue weighted by Crippen LogP contribution is -2.35. The van der Waals surface area contributed by atoms with Crippen molar-refractivity contribution in [1.29, 1.82) is 0 Å². The lowest BCUT2D eigenvalue weighted by Gasteiger charge is -2.19. The summed E-state index contributed by atoms with van der Waals surface area (Å²) in [5.41, 5.74) is 0.980. The summed E-state index contributed by atoms with van der Waals surface area (Å²) in [6, 6.07) is 9.81. The van der Waals surface area contributed by atoms with Crippen LogP contribution in [0.15, 0.2) is 30.3 Å². The van der Waals surface area contributed by atoms with E-state index in [2.05, 4.69) is 11.8 Å². The Hall–Kier alpha value is -1.95. The van der Waals surface area contributed by atoms with Gasteiger partial charge in [0.15, 0.2) is 0 Å². The number of hydrogen-bond donors (Lipinski definition) is 0. The molecule has 94 valence electrons. The number of nitrogens with zero attached hydrogens (tertiary/aromatic N) is 1. The molecule has 1 amide bonds. The van der Waals surface area contributed by atoms with Crippen molar-refractivity contribution in [2.75, 3.05) is 13.2 Å². The van der Waals surface area contributed by atoms with Gasteiger partial charge in [-0.05, 0) is 31.9 Å². The maximum Gasteiger partial charge on any atom is 0.410 e. The number of carbonyl (C=O) groups excluding carboxylic acids is 1. The molecule has 3 nitrogen and oxygen atoms in total. The molecule has 0 aliphatic carbocycles. The molecule has 1 unspecified atom stereocenters. The molecule has 0 radical (unpaired) electrons. The average Bonchev–Trinajstić information content (AvgIpc) is 2.86. The quantitative estimate of drug-likeness (QED) is 0.710. The van der Waals surface area contributed by atoms with Gasteiger partial charge in [-0.1, -0.05) is 30.0 Å². The van der Waals surface area contributed by atoms with Crippen molar-refractivity contribution < 1.29 is 9.53 Å². The Morgan fingerprint density at radius 2 is 2.22 bits per heavy atom. The minimum atomic E-state index is -0.248. The Labute approximate surface area is 108 Å². The molecule has 0 N–H and O–H groups in total. The smallest absolute Gasteiger partial charge is 0.410 e. The van der Waals surface area contributed by atoms with E-state index < -0.39 is 0 Å². The van der Waals surface area contributed by atoms with E-state index in [1.54, 1.807) is 4.90 Å². The molecule has 0 bridgehead atoms. The summed E-state index contributed by atoms with van der Waals surface area (Å²) in [5, 5.41) is 0. The Morgan fingerprint density at radius 3 is 2.94 bits per heavy atom. The Bertz CT molecular complexity index is 458. The predicted octanol–water partition coefficient (Wildman–Crippen LogP) is 2.66. The molecule has 1 heterocycles. The van der Waals surface area contributed by atoms with E-state index in [9.17, 15) is 4.79 Å². The highest BCUT2D eigenvalue weighted by atomic mass is 16.6. The van der Waals surface area contributed by atoms with Gasteiger partial charge < -0.3 is 4.74 Å². The van der Waals surface area contributed by atoms with E-state index in [0.29, 0.717) is 6.61 Å². The van der Waals surface area contributed by atoms with Gasteiger partial charge in [0.2, 0.25) is 0 Å². The van der Waals surface area contributed by atoms with Gasteiger partial charge in [-0.25, -0.2) is 4.79 Å². The first-order valence-corrected chi connectivity index (χ1v) is 6.31. The molecule has 2 rings (SSSR count). The predicted molar refractivity (Wildman–Crippen MR) is 70.1 cm³/mol. The number of benzene rings is 1.